The van der Waals surface area contributed by atoms with Gasteiger partial charge in [-0.05, 0) is 29.8 Å². The van der Waals surface area contributed by atoms with Gasteiger partial charge in [-0.1, -0.05) is 0 Å². The van der Waals surface area contributed by atoms with Crippen LogP contribution in [0.25, 0.3) is 10.9 Å². The Bertz CT molecular complexity index is 762. The molecule has 0 bridgehead atoms. The Labute approximate surface area is 122 Å². The van der Waals surface area contributed by atoms with Gasteiger partial charge in [-0.25, -0.2) is 0 Å². The highest BCUT2D eigenvalue weighted by molar-refractivity contribution is 5.98. The number of phenolic OH excluding ortho intramolecular Hbond substituents is 1. The van der Waals surface area contributed by atoms with E-state index in [4.69, 9.17) is 0 Å². The van der Waals surface area contributed by atoms with E-state index in [2.05, 4.69) is 23.1 Å². The van der Waals surface area contributed by atoms with Crippen LogP contribution in [0.15, 0.2) is 36.0 Å². The van der Waals surface area contributed by atoms with Gasteiger partial charge < -0.3 is 19.9 Å². The van der Waals surface area contributed by atoms with E-state index in [1.165, 1.54) is 5.57 Å². The summed E-state index contributed by atoms with van der Waals surface area (Å²) in [6.07, 6.45) is 2.15. The van der Waals surface area contributed by atoms with E-state index in [0.717, 1.165) is 24.0 Å². The van der Waals surface area contributed by atoms with Crippen molar-refractivity contribution in [1.82, 2.24) is 14.8 Å². The molecule has 5 heteroatoms. The zero-order valence-corrected chi connectivity index (χ0v) is 11.8. The first-order chi connectivity index (χ1) is 10.1. The number of carbonyl (C=O) groups excluding carboxylic acids is 1. The lowest BCUT2D eigenvalue weighted by atomic mass is 10.1. The van der Waals surface area contributed by atoms with Crippen molar-refractivity contribution >= 4 is 16.8 Å². The molecule has 108 valence electrons. The summed E-state index contributed by atoms with van der Waals surface area (Å²) in [4.78, 5) is 19.8. The number of aromatic amines is 1. The van der Waals surface area contributed by atoms with Crippen LogP contribution in [-0.2, 0) is 0 Å². The van der Waals surface area contributed by atoms with Gasteiger partial charge in [0.15, 0.2) is 0 Å². The number of benzene rings is 1. The number of phenols is 1. The third-order valence-corrected chi connectivity index (χ3v) is 4.36. The summed E-state index contributed by atoms with van der Waals surface area (Å²) in [5, 5.41) is 10.4. The number of likely N-dealkylation sites (tertiary alicyclic amines) is 1. The van der Waals surface area contributed by atoms with Gasteiger partial charge in [0.2, 0.25) is 0 Å². The number of nitrogens with zero attached hydrogens (tertiary/aromatic N) is 2. The first kappa shape index (κ1) is 12.3. The van der Waals surface area contributed by atoms with E-state index in [-0.39, 0.29) is 11.7 Å². The maximum Gasteiger partial charge on any atom is 0.270 e. The fraction of sp³-hybridized carbons (Fsp3) is 0.312. The number of hydrogen-bond acceptors (Lipinski definition) is 3. The van der Waals surface area contributed by atoms with Crippen LogP contribution in [-0.4, -0.2) is 52.5 Å². The molecule has 1 saturated heterocycles. The fourth-order valence-corrected chi connectivity index (χ4v) is 3.36. The second-order valence-corrected chi connectivity index (χ2v) is 5.98. The van der Waals surface area contributed by atoms with E-state index in [0.29, 0.717) is 18.2 Å². The summed E-state index contributed by atoms with van der Waals surface area (Å²) in [6, 6.07) is 6.89. The third-order valence-electron chi connectivity index (χ3n) is 4.36. The molecular weight excluding hydrogens is 266 g/mol. The minimum Gasteiger partial charge on any atom is -0.508 e. The Hall–Kier alpha value is -2.43. The summed E-state index contributed by atoms with van der Waals surface area (Å²) in [5.74, 6) is 0.723. The van der Waals surface area contributed by atoms with Crippen molar-refractivity contribution in [3.63, 3.8) is 0 Å². The predicted molar refractivity (Wildman–Crippen MR) is 80.1 cm³/mol. The van der Waals surface area contributed by atoms with Crippen LogP contribution >= 0.6 is 0 Å². The van der Waals surface area contributed by atoms with E-state index >= 15 is 0 Å². The van der Waals surface area contributed by atoms with Crippen molar-refractivity contribution in [3.8, 4) is 5.75 Å². The van der Waals surface area contributed by atoms with Gasteiger partial charge in [-0.3, -0.25) is 4.79 Å². The maximum atomic E-state index is 12.6. The number of H-pyrrole nitrogens is 1. The molecule has 21 heavy (non-hydrogen) atoms. The van der Waals surface area contributed by atoms with Crippen LogP contribution in [0.1, 0.15) is 10.5 Å². The van der Waals surface area contributed by atoms with E-state index in [1.807, 2.05) is 11.0 Å². The zero-order valence-electron chi connectivity index (χ0n) is 11.8. The molecule has 2 aliphatic heterocycles. The largest absolute Gasteiger partial charge is 0.508 e. The number of aromatic nitrogens is 1. The van der Waals surface area contributed by atoms with Crippen LogP contribution < -0.4 is 0 Å². The monoisotopic (exact) mass is 283 g/mol. The zero-order chi connectivity index (χ0) is 14.6. The molecule has 4 rings (SSSR count). The molecular formula is C16H17N3O2. The molecule has 1 aromatic carbocycles. The molecule has 0 radical (unpaired) electrons. The van der Waals surface area contributed by atoms with Crippen LogP contribution in [0, 0.1) is 5.92 Å². The Morgan fingerprint density at radius 1 is 1.33 bits per heavy atom. The number of fused-ring (bicyclic) bond motifs is 2. The van der Waals surface area contributed by atoms with Crippen molar-refractivity contribution in [2.24, 2.45) is 5.92 Å². The summed E-state index contributed by atoms with van der Waals surface area (Å²) in [7, 11) is 2.07. The molecule has 2 aliphatic rings. The highest BCUT2D eigenvalue weighted by Crippen LogP contribution is 2.30. The number of hydrogen-bond donors (Lipinski definition) is 2. The van der Waals surface area contributed by atoms with E-state index < -0.39 is 0 Å². The average Bonchev–Trinajstić information content (AvgIpc) is 3.08. The second kappa shape index (κ2) is 4.28. The SMILES string of the molecule is CN1C=C2CN(C(=O)c3cc4cc(O)ccc4[nH]3)C[C@@H]2C1. The average molecular weight is 283 g/mol. The fourth-order valence-electron chi connectivity index (χ4n) is 3.36. The van der Waals surface area contributed by atoms with Crippen molar-refractivity contribution in [2.75, 3.05) is 26.7 Å². The van der Waals surface area contributed by atoms with Gasteiger partial charge in [-0.15, -0.1) is 0 Å². The van der Waals surface area contributed by atoms with Gasteiger partial charge in [0.1, 0.15) is 11.4 Å². The molecule has 0 saturated carbocycles. The van der Waals surface area contributed by atoms with Crippen LogP contribution in [0.2, 0.25) is 0 Å². The van der Waals surface area contributed by atoms with Gasteiger partial charge in [0.05, 0.1) is 0 Å². The molecule has 0 aliphatic carbocycles. The van der Waals surface area contributed by atoms with E-state index in [9.17, 15) is 9.90 Å². The molecule has 1 aromatic heterocycles. The molecule has 1 amide bonds. The standard InChI is InChI=1S/C16H17N3O2/c1-18-6-11-8-19(9-12(11)7-18)16(21)15-5-10-4-13(20)2-3-14(10)17-15/h2-6,12,17,20H,7-9H2,1H3/t12-/m0/s1. The molecule has 2 aromatic rings. The quantitative estimate of drug-likeness (QED) is 0.838. The minimum absolute atomic E-state index is 0.0312. The Morgan fingerprint density at radius 2 is 2.19 bits per heavy atom. The molecule has 0 unspecified atom stereocenters. The predicted octanol–water partition coefficient (Wildman–Crippen LogP) is 1.77. The highest BCUT2D eigenvalue weighted by Gasteiger charge is 2.35. The molecule has 5 nitrogen and oxygen atoms in total. The van der Waals surface area contributed by atoms with Crippen molar-refractivity contribution in [1.29, 1.82) is 0 Å². The topological polar surface area (TPSA) is 59.6 Å². The summed E-state index contributed by atoms with van der Waals surface area (Å²) in [5.41, 5.74) is 2.80. The Balaban J connectivity index is 1.61. The molecule has 2 N–H and O–H groups in total. The number of amides is 1. The van der Waals surface area contributed by atoms with Gasteiger partial charge in [0, 0.05) is 49.7 Å². The second-order valence-electron chi connectivity index (χ2n) is 5.98. The molecule has 3 heterocycles. The lowest BCUT2D eigenvalue weighted by Crippen LogP contribution is -2.30. The smallest absolute Gasteiger partial charge is 0.270 e. The van der Waals surface area contributed by atoms with Gasteiger partial charge in [0.25, 0.3) is 5.91 Å². The van der Waals surface area contributed by atoms with Gasteiger partial charge in [-0.2, -0.15) is 0 Å². The highest BCUT2D eigenvalue weighted by atomic mass is 16.3. The summed E-state index contributed by atoms with van der Waals surface area (Å²) >= 11 is 0. The normalized spacial score (nSPS) is 21.0. The number of carbonyl (C=O) groups is 1. The van der Waals surface area contributed by atoms with Crippen molar-refractivity contribution < 1.29 is 9.90 Å². The van der Waals surface area contributed by atoms with Crippen molar-refractivity contribution in [2.45, 2.75) is 0 Å². The molecule has 0 spiro atoms. The van der Waals surface area contributed by atoms with Crippen molar-refractivity contribution in [3.05, 3.63) is 41.7 Å². The summed E-state index contributed by atoms with van der Waals surface area (Å²) in [6.45, 7) is 2.50. The summed E-state index contributed by atoms with van der Waals surface area (Å²) < 4.78 is 0. The van der Waals surface area contributed by atoms with Crippen LogP contribution in [0.5, 0.6) is 5.75 Å². The Kier molecular flexibility index (Phi) is 2.51. The maximum absolute atomic E-state index is 12.6. The first-order valence-electron chi connectivity index (χ1n) is 7.12. The van der Waals surface area contributed by atoms with Crippen LogP contribution in [0.4, 0.5) is 0 Å². The molecule has 1 atom stereocenters. The lowest BCUT2D eigenvalue weighted by molar-refractivity contribution is 0.0781. The van der Waals surface area contributed by atoms with Gasteiger partial charge >= 0.3 is 0 Å². The molecule has 1 fully saturated rings. The van der Waals surface area contributed by atoms with Crippen LogP contribution in [0.3, 0.4) is 0 Å². The number of rotatable bonds is 1. The number of aromatic hydroxyl groups is 1. The first-order valence-corrected chi connectivity index (χ1v) is 7.12. The third kappa shape index (κ3) is 1.96. The Morgan fingerprint density at radius 3 is 3.00 bits per heavy atom. The number of nitrogens with one attached hydrogen (secondary N) is 1. The van der Waals surface area contributed by atoms with E-state index in [1.54, 1.807) is 18.2 Å². The minimum atomic E-state index is 0.0312. The lowest BCUT2D eigenvalue weighted by Gasteiger charge is -2.17.